The van der Waals surface area contributed by atoms with E-state index in [1.165, 1.54) is 18.6 Å². The second-order valence-electron chi connectivity index (χ2n) is 3.72. The van der Waals surface area contributed by atoms with Gasteiger partial charge in [-0.05, 0) is 58.3 Å². The van der Waals surface area contributed by atoms with Crippen LogP contribution in [0.3, 0.4) is 0 Å². The lowest BCUT2D eigenvalue weighted by molar-refractivity contribution is 0.0602. The van der Waals surface area contributed by atoms with E-state index in [0.29, 0.717) is 5.69 Å². The van der Waals surface area contributed by atoms with Crippen molar-refractivity contribution in [2.75, 3.05) is 11.8 Å². The number of thiophene rings is 1. The zero-order valence-corrected chi connectivity index (χ0v) is 14.1. The van der Waals surface area contributed by atoms with Gasteiger partial charge in [0.15, 0.2) is 0 Å². The summed E-state index contributed by atoms with van der Waals surface area (Å²) < 4.78 is 32.6. The van der Waals surface area contributed by atoms with Crippen LogP contribution in [0, 0.1) is 3.57 Å². The highest BCUT2D eigenvalue weighted by atomic mass is 127. The number of nitrogens with one attached hydrogen (secondary N) is 1. The number of ether oxygens (including phenoxy) is 1. The molecule has 0 bridgehead atoms. The second-order valence-corrected chi connectivity index (χ2v) is 7.53. The highest BCUT2D eigenvalue weighted by molar-refractivity contribution is 14.1. The van der Waals surface area contributed by atoms with Crippen LogP contribution in [-0.2, 0) is 14.8 Å². The van der Waals surface area contributed by atoms with Crippen molar-refractivity contribution in [3.8, 4) is 0 Å². The topological polar surface area (TPSA) is 72.5 Å². The number of esters is 1. The Balaban J connectivity index is 2.34. The quantitative estimate of drug-likeness (QED) is 0.607. The lowest BCUT2D eigenvalue weighted by Gasteiger charge is -2.08. The average Bonchev–Trinajstić information content (AvgIpc) is 2.90. The molecule has 0 atom stereocenters. The monoisotopic (exact) mass is 423 g/mol. The Bertz CT molecular complexity index is 722. The third kappa shape index (κ3) is 3.30. The minimum absolute atomic E-state index is 0.0607. The Labute approximate surface area is 134 Å². The van der Waals surface area contributed by atoms with E-state index in [9.17, 15) is 13.2 Å². The van der Waals surface area contributed by atoms with E-state index in [1.54, 1.807) is 24.3 Å². The molecule has 0 fully saturated rings. The normalized spacial score (nSPS) is 11.1. The van der Waals surface area contributed by atoms with Gasteiger partial charge in [0.25, 0.3) is 10.0 Å². The van der Waals surface area contributed by atoms with Crippen molar-refractivity contribution in [1.82, 2.24) is 0 Å². The van der Waals surface area contributed by atoms with E-state index in [1.807, 2.05) is 0 Å². The third-order valence-corrected chi connectivity index (χ3v) is 5.55. The van der Waals surface area contributed by atoms with Crippen LogP contribution in [0.1, 0.15) is 9.67 Å². The minimum Gasteiger partial charge on any atom is -0.465 e. The molecule has 1 N–H and O–H groups in total. The average molecular weight is 423 g/mol. The molecular weight excluding hydrogens is 413 g/mol. The Morgan fingerprint density at radius 1 is 1.25 bits per heavy atom. The van der Waals surface area contributed by atoms with Crippen molar-refractivity contribution in [2.24, 2.45) is 0 Å². The number of halogens is 1. The molecule has 106 valence electrons. The van der Waals surface area contributed by atoms with E-state index in [2.05, 4.69) is 32.0 Å². The lowest BCUT2D eigenvalue weighted by Crippen LogP contribution is -2.15. The molecule has 0 unspecified atom stereocenters. The van der Waals surface area contributed by atoms with Gasteiger partial charge >= 0.3 is 5.97 Å². The molecule has 0 aliphatic rings. The Hall–Kier alpha value is -1.13. The molecule has 8 heteroatoms. The van der Waals surface area contributed by atoms with Crippen molar-refractivity contribution in [1.29, 1.82) is 0 Å². The van der Waals surface area contributed by atoms with Gasteiger partial charge in [0.1, 0.15) is 9.77 Å². The fraction of sp³-hybridized carbons (Fsp3) is 0.0833. The number of carbonyl (C=O) groups excluding carboxylic acids is 1. The fourth-order valence-corrected chi connectivity index (χ4v) is 4.23. The summed E-state index contributed by atoms with van der Waals surface area (Å²) in [6, 6.07) is 8.26. The highest BCUT2D eigenvalue weighted by Crippen LogP contribution is 2.25. The van der Waals surface area contributed by atoms with E-state index >= 15 is 0 Å². The van der Waals surface area contributed by atoms with Gasteiger partial charge in [0, 0.05) is 9.26 Å². The first kappa shape index (κ1) is 15.3. The van der Waals surface area contributed by atoms with Crippen LogP contribution in [0.4, 0.5) is 5.69 Å². The predicted octanol–water partition coefficient (Wildman–Crippen LogP) is 2.94. The van der Waals surface area contributed by atoms with Crippen LogP contribution in [0.25, 0.3) is 0 Å². The number of hydrogen-bond acceptors (Lipinski definition) is 5. The summed E-state index contributed by atoms with van der Waals surface area (Å²) in [5.74, 6) is -0.664. The molecule has 2 aromatic rings. The summed E-state index contributed by atoms with van der Waals surface area (Å²) in [7, 11) is -2.60. The van der Waals surface area contributed by atoms with E-state index in [4.69, 9.17) is 0 Å². The van der Waals surface area contributed by atoms with Crippen molar-refractivity contribution in [3.63, 3.8) is 0 Å². The van der Waals surface area contributed by atoms with Gasteiger partial charge in [-0.15, -0.1) is 11.3 Å². The summed E-state index contributed by atoms with van der Waals surface area (Å²) in [5, 5.41) is 1.54. The molecule has 1 aromatic heterocycles. The van der Waals surface area contributed by atoms with Gasteiger partial charge in [-0.2, -0.15) is 0 Å². The SMILES string of the molecule is COC(=O)c1sccc1S(=O)(=O)Nc1ccc(I)cc1. The van der Waals surface area contributed by atoms with Crippen LogP contribution in [0.5, 0.6) is 0 Å². The van der Waals surface area contributed by atoms with Crippen LogP contribution in [-0.4, -0.2) is 21.5 Å². The van der Waals surface area contributed by atoms with Crippen molar-refractivity contribution in [2.45, 2.75) is 4.90 Å². The first-order valence-electron chi connectivity index (χ1n) is 5.38. The number of hydrogen-bond donors (Lipinski definition) is 1. The van der Waals surface area contributed by atoms with E-state index in [0.717, 1.165) is 14.9 Å². The maximum atomic E-state index is 12.3. The molecule has 0 aliphatic carbocycles. The smallest absolute Gasteiger partial charge is 0.349 e. The van der Waals surface area contributed by atoms with E-state index < -0.39 is 16.0 Å². The fourth-order valence-electron chi connectivity index (χ4n) is 1.48. The summed E-state index contributed by atoms with van der Waals surface area (Å²) in [6.45, 7) is 0. The van der Waals surface area contributed by atoms with Gasteiger partial charge < -0.3 is 4.74 Å². The Morgan fingerprint density at radius 3 is 2.50 bits per heavy atom. The first-order chi connectivity index (χ1) is 9.44. The first-order valence-corrected chi connectivity index (χ1v) is 8.82. The van der Waals surface area contributed by atoms with Gasteiger partial charge in [-0.25, -0.2) is 13.2 Å². The molecule has 0 aliphatic heterocycles. The van der Waals surface area contributed by atoms with Crippen molar-refractivity contribution in [3.05, 3.63) is 44.2 Å². The molecule has 20 heavy (non-hydrogen) atoms. The standard InChI is InChI=1S/C12H10INO4S2/c1-18-12(15)11-10(6-7-19-11)20(16,17)14-9-4-2-8(13)3-5-9/h2-7,14H,1H3. The molecule has 0 saturated heterocycles. The van der Waals surface area contributed by atoms with Crippen LogP contribution >= 0.6 is 33.9 Å². The van der Waals surface area contributed by atoms with Gasteiger partial charge in [0.2, 0.25) is 0 Å². The number of methoxy groups -OCH3 is 1. The molecule has 0 radical (unpaired) electrons. The maximum absolute atomic E-state index is 12.3. The zero-order chi connectivity index (χ0) is 14.8. The summed E-state index contributed by atoms with van der Waals surface area (Å²) in [4.78, 5) is 11.5. The number of rotatable bonds is 4. The van der Waals surface area contributed by atoms with Crippen LogP contribution in [0.2, 0.25) is 0 Å². The van der Waals surface area contributed by atoms with Gasteiger partial charge in [-0.1, -0.05) is 0 Å². The molecule has 1 aromatic carbocycles. The Morgan fingerprint density at radius 2 is 1.90 bits per heavy atom. The molecule has 2 rings (SSSR count). The summed E-state index contributed by atoms with van der Waals surface area (Å²) >= 11 is 3.15. The maximum Gasteiger partial charge on any atom is 0.349 e. The summed E-state index contributed by atoms with van der Waals surface area (Å²) in [6.07, 6.45) is 0. The summed E-state index contributed by atoms with van der Waals surface area (Å²) in [5.41, 5.74) is 0.437. The van der Waals surface area contributed by atoms with Gasteiger partial charge in [0.05, 0.1) is 7.11 Å². The Kier molecular flexibility index (Phi) is 4.66. The minimum atomic E-state index is -3.81. The molecule has 0 amide bonds. The molecule has 0 spiro atoms. The van der Waals surface area contributed by atoms with Gasteiger partial charge in [-0.3, -0.25) is 4.72 Å². The van der Waals surface area contributed by atoms with Crippen LogP contribution in [0.15, 0.2) is 40.6 Å². The number of sulfonamides is 1. The predicted molar refractivity (Wildman–Crippen MR) is 85.6 cm³/mol. The van der Waals surface area contributed by atoms with E-state index in [-0.39, 0.29) is 9.77 Å². The highest BCUT2D eigenvalue weighted by Gasteiger charge is 2.24. The molecule has 1 heterocycles. The third-order valence-electron chi connectivity index (χ3n) is 2.39. The second kappa shape index (κ2) is 6.10. The number of carbonyl (C=O) groups is 1. The molecule has 0 saturated carbocycles. The van der Waals surface area contributed by atoms with Crippen LogP contribution < -0.4 is 4.72 Å². The largest absolute Gasteiger partial charge is 0.465 e. The zero-order valence-electron chi connectivity index (χ0n) is 10.3. The number of benzene rings is 1. The molecule has 5 nitrogen and oxygen atoms in total. The molecular formula is C12H10INO4S2. The lowest BCUT2D eigenvalue weighted by atomic mass is 10.3. The van der Waals surface area contributed by atoms with Crippen molar-refractivity contribution >= 4 is 55.6 Å². The number of anilines is 1. The van der Waals surface area contributed by atoms with Crippen molar-refractivity contribution < 1.29 is 17.9 Å².